The maximum absolute atomic E-state index is 14.0. The Labute approximate surface area is 181 Å². The van der Waals surface area contributed by atoms with Crippen molar-refractivity contribution in [1.82, 2.24) is 34.5 Å². The third-order valence-electron chi connectivity index (χ3n) is 5.43. The van der Waals surface area contributed by atoms with Crippen molar-refractivity contribution < 1.29 is 13.7 Å². The number of ether oxygens (including phenoxy) is 1. The molecule has 0 aliphatic carbocycles. The van der Waals surface area contributed by atoms with Gasteiger partial charge in [-0.05, 0) is 35.9 Å². The number of benzene rings is 2. The number of halogens is 1. The van der Waals surface area contributed by atoms with Crippen molar-refractivity contribution in [2.24, 2.45) is 0 Å². The molecule has 32 heavy (non-hydrogen) atoms. The standard InChI is InChI=1S/C22H16FN7O2/c1-31-15-5-2-13(3-6-15)8-19-27-21(28-32-19)20-18-10-30-22(24-11-26-30)16-9-14(23)4-7-17(16)29(18)12-25-20/h2-7,9,11-12H,8,10H2,1H3. The molecule has 0 spiro atoms. The van der Waals surface area contributed by atoms with Gasteiger partial charge in [0.05, 0.1) is 31.5 Å². The molecule has 4 heterocycles. The highest BCUT2D eigenvalue weighted by molar-refractivity contribution is 5.70. The van der Waals surface area contributed by atoms with E-state index in [-0.39, 0.29) is 5.82 Å². The highest BCUT2D eigenvalue weighted by atomic mass is 19.1. The maximum Gasteiger partial charge on any atom is 0.231 e. The summed E-state index contributed by atoms with van der Waals surface area (Å²) in [7, 11) is 1.63. The first-order chi connectivity index (χ1) is 15.7. The molecule has 0 saturated carbocycles. The van der Waals surface area contributed by atoms with Gasteiger partial charge >= 0.3 is 0 Å². The molecular formula is C22H16FN7O2. The molecule has 0 atom stereocenters. The van der Waals surface area contributed by atoms with Crippen LogP contribution in [0.1, 0.15) is 17.1 Å². The van der Waals surface area contributed by atoms with Crippen LogP contribution in [0.3, 0.4) is 0 Å². The molecular weight excluding hydrogens is 413 g/mol. The number of hydrogen-bond acceptors (Lipinski definition) is 7. The molecule has 6 rings (SSSR count). The van der Waals surface area contributed by atoms with Crippen molar-refractivity contribution >= 4 is 0 Å². The third-order valence-corrected chi connectivity index (χ3v) is 5.43. The van der Waals surface area contributed by atoms with Crippen LogP contribution in [0, 0.1) is 5.82 Å². The lowest BCUT2D eigenvalue weighted by Gasteiger charge is -2.08. The maximum atomic E-state index is 14.0. The van der Waals surface area contributed by atoms with Crippen molar-refractivity contribution in [3.05, 3.63) is 78.1 Å². The average Bonchev–Trinajstić information content (AvgIpc) is 3.54. The van der Waals surface area contributed by atoms with Gasteiger partial charge < -0.3 is 9.26 Å². The molecule has 0 fully saturated rings. The smallest absolute Gasteiger partial charge is 0.231 e. The van der Waals surface area contributed by atoms with Crippen LogP contribution in [-0.2, 0) is 13.0 Å². The Morgan fingerprint density at radius 1 is 1.12 bits per heavy atom. The fraction of sp³-hybridized carbons (Fsp3) is 0.136. The van der Waals surface area contributed by atoms with Gasteiger partial charge in [-0.15, -0.1) is 0 Å². The Morgan fingerprint density at radius 3 is 2.84 bits per heavy atom. The quantitative estimate of drug-likeness (QED) is 0.424. The van der Waals surface area contributed by atoms with Crippen molar-refractivity contribution in [1.29, 1.82) is 0 Å². The summed E-state index contributed by atoms with van der Waals surface area (Å²) in [6.45, 7) is 0.378. The highest BCUT2D eigenvalue weighted by Gasteiger charge is 2.26. The van der Waals surface area contributed by atoms with Crippen molar-refractivity contribution in [2.45, 2.75) is 13.0 Å². The number of methoxy groups -OCH3 is 1. The molecule has 0 amide bonds. The monoisotopic (exact) mass is 429 g/mol. The molecule has 1 aliphatic rings. The van der Waals surface area contributed by atoms with Gasteiger partial charge in [0.2, 0.25) is 11.7 Å². The van der Waals surface area contributed by atoms with Gasteiger partial charge in [-0.3, -0.25) is 4.57 Å². The first kappa shape index (κ1) is 18.4. The Morgan fingerprint density at radius 2 is 2.00 bits per heavy atom. The van der Waals surface area contributed by atoms with Crippen molar-refractivity contribution in [3.8, 4) is 34.3 Å². The van der Waals surface area contributed by atoms with E-state index < -0.39 is 0 Å². The predicted molar refractivity (Wildman–Crippen MR) is 111 cm³/mol. The fourth-order valence-corrected chi connectivity index (χ4v) is 3.89. The number of hydrogen-bond donors (Lipinski definition) is 0. The average molecular weight is 429 g/mol. The number of nitrogens with zero attached hydrogens (tertiary/aromatic N) is 7. The van der Waals surface area contributed by atoms with Crippen LogP contribution in [0.15, 0.2) is 59.6 Å². The summed E-state index contributed by atoms with van der Waals surface area (Å²) in [6.07, 6.45) is 3.62. The SMILES string of the molecule is COc1ccc(Cc2nc(-c3ncn4c3Cn3ncnc3-c3cc(F)ccc3-4)no2)cc1. The summed E-state index contributed by atoms with van der Waals surface area (Å²) in [5.41, 5.74) is 3.80. The highest BCUT2D eigenvalue weighted by Crippen LogP contribution is 2.33. The molecule has 9 nitrogen and oxygen atoms in total. The lowest BCUT2D eigenvalue weighted by Crippen LogP contribution is -2.06. The second kappa shape index (κ2) is 7.12. The van der Waals surface area contributed by atoms with Crippen LogP contribution >= 0.6 is 0 Å². The molecule has 158 valence electrons. The van der Waals surface area contributed by atoms with Crippen molar-refractivity contribution in [2.75, 3.05) is 7.11 Å². The van der Waals surface area contributed by atoms with Gasteiger partial charge in [-0.1, -0.05) is 17.3 Å². The third kappa shape index (κ3) is 2.96. The summed E-state index contributed by atoms with van der Waals surface area (Å²) in [5.74, 6) is 1.89. The van der Waals surface area contributed by atoms with E-state index in [1.54, 1.807) is 24.2 Å². The van der Waals surface area contributed by atoms with E-state index in [1.165, 1.54) is 18.5 Å². The second-order valence-electron chi connectivity index (χ2n) is 7.35. The van der Waals surface area contributed by atoms with Crippen LogP contribution in [0.2, 0.25) is 0 Å². The zero-order valence-corrected chi connectivity index (χ0v) is 16.9. The Balaban J connectivity index is 1.39. The predicted octanol–water partition coefficient (Wildman–Crippen LogP) is 3.28. The molecule has 0 N–H and O–H groups in total. The first-order valence-corrected chi connectivity index (χ1v) is 9.90. The Hall–Kier alpha value is -4.34. The summed E-state index contributed by atoms with van der Waals surface area (Å²) in [5, 5.41) is 8.45. The minimum Gasteiger partial charge on any atom is -0.497 e. The van der Waals surface area contributed by atoms with E-state index in [1.807, 2.05) is 28.8 Å². The van der Waals surface area contributed by atoms with Crippen LogP contribution in [-0.4, -0.2) is 41.6 Å². The number of aromatic nitrogens is 7. The molecule has 0 radical (unpaired) electrons. The number of fused-ring (bicyclic) bond motifs is 5. The molecule has 0 bridgehead atoms. The van der Waals surface area contributed by atoms with E-state index in [2.05, 4.69) is 25.2 Å². The van der Waals surface area contributed by atoms with E-state index >= 15 is 0 Å². The molecule has 3 aromatic heterocycles. The van der Waals surface area contributed by atoms with Crippen LogP contribution in [0.25, 0.3) is 28.6 Å². The molecule has 1 aliphatic heterocycles. The minimum absolute atomic E-state index is 0.344. The first-order valence-electron chi connectivity index (χ1n) is 9.90. The molecule has 10 heteroatoms. The van der Waals surface area contributed by atoms with E-state index in [0.29, 0.717) is 41.8 Å². The summed E-state index contributed by atoms with van der Waals surface area (Å²) >= 11 is 0. The molecule has 0 saturated heterocycles. The summed E-state index contributed by atoms with van der Waals surface area (Å²) in [6, 6.07) is 12.2. The number of rotatable bonds is 4. The minimum atomic E-state index is -0.344. The summed E-state index contributed by atoms with van der Waals surface area (Å²) < 4.78 is 28.3. The van der Waals surface area contributed by atoms with Crippen molar-refractivity contribution in [3.63, 3.8) is 0 Å². The van der Waals surface area contributed by atoms with Crippen LogP contribution in [0.5, 0.6) is 5.75 Å². The van der Waals surface area contributed by atoms with E-state index in [0.717, 1.165) is 22.7 Å². The van der Waals surface area contributed by atoms with E-state index in [4.69, 9.17) is 9.26 Å². The summed E-state index contributed by atoms with van der Waals surface area (Å²) in [4.78, 5) is 13.4. The Bertz CT molecular complexity index is 1440. The molecule has 0 unspecified atom stereocenters. The lowest BCUT2D eigenvalue weighted by molar-refractivity contribution is 0.385. The second-order valence-corrected chi connectivity index (χ2v) is 7.35. The van der Waals surface area contributed by atoms with Gasteiger partial charge in [-0.2, -0.15) is 10.1 Å². The van der Waals surface area contributed by atoms with Gasteiger partial charge in [-0.25, -0.2) is 19.0 Å². The lowest BCUT2D eigenvalue weighted by atomic mass is 10.1. The normalized spacial score (nSPS) is 12.1. The van der Waals surface area contributed by atoms with Crippen LogP contribution < -0.4 is 4.74 Å². The van der Waals surface area contributed by atoms with Gasteiger partial charge in [0.15, 0.2) is 5.82 Å². The van der Waals surface area contributed by atoms with Crippen LogP contribution in [0.4, 0.5) is 4.39 Å². The molecule has 5 aromatic rings. The Kier molecular flexibility index (Phi) is 4.10. The number of imidazole rings is 1. The van der Waals surface area contributed by atoms with Gasteiger partial charge in [0.1, 0.15) is 29.9 Å². The zero-order chi connectivity index (χ0) is 21.7. The topological polar surface area (TPSA) is 96.7 Å². The van der Waals surface area contributed by atoms with Gasteiger partial charge in [0.25, 0.3) is 0 Å². The van der Waals surface area contributed by atoms with E-state index in [9.17, 15) is 4.39 Å². The molecule has 2 aromatic carbocycles. The largest absolute Gasteiger partial charge is 0.497 e. The fourth-order valence-electron chi connectivity index (χ4n) is 3.89. The van der Waals surface area contributed by atoms with Gasteiger partial charge in [0, 0.05) is 5.56 Å². The zero-order valence-electron chi connectivity index (χ0n) is 16.9.